The average molecular weight is 387 g/mol. The lowest BCUT2D eigenvalue weighted by Gasteiger charge is -2.18. The van der Waals surface area contributed by atoms with Gasteiger partial charge in [0.05, 0.1) is 17.1 Å². The van der Waals surface area contributed by atoms with Gasteiger partial charge in [0.1, 0.15) is 10.9 Å². The minimum absolute atomic E-state index is 0.111. The molecule has 0 saturated carbocycles. The molecule has 0 unspecified atom stereocenters. The molecule has 2 saturated heterocycles. The number of carbonyl (C=O) groups is 2. The molecular formula is C14H14N2O3S4. The van der Waals surface area contributed by atoms with Crippen LogP contribution in [0.25, 0.3) is 6.08 Å². The van der Waals surface area contributed by atoms with Crippen molar-refractivity contribution in [3.63, 3.8) is 0 Å². The summed E-state index contributed by atoms with van der Waals surface area (Å²) < 4.78 is 0.384. The van der Waals surface area contributed by atoms with Crippen molar-refractivity contribution in [3.8, 4) is 0 Å². The number of hydrogen-bond donors (Lipinski definition) is 2. The van der Waals surface area contributed by atoms with Crippen LogP contribution < -0.4 is 5.32 Å². The van der Waals surface area contributed by atoms with Gasteiger partial charge in [0.2, 0.25) is 5.91 Å². The Balaban J connectivity index is 1.62. The van der Waals surface area contributed by atoms with Gasteiger partial charge in [-0.1, -0.05) is 30.0 Å². The molecule has 0 bridgehead atoms. The van der Waals surface area contributed by atoms with Gasteiger partial charge in [-0.15, -0.1) is 11.3 Å². The Labute approximate surface area is 151 Å². The van der Waals surface area contributed by atoms with Gasteiger partial charge >= 0.3 is 0 Å². The molecule has 2 atom stereocenters. The number of carbonyl (C=O) groups excluding carboxylic acids is 2. The fraction of sp³-hybridized carbons (Fsp3) is 0.357. The van der Waals surface area contributed by atoms with Gasteiger partial charge in [0, 0.05) is 16.4 Å². The van der Waals surface area contributed by atoms with Crippen molar-refractivity contribution < 1.29 is 14.7 Å². The number of thiophene rings is 1. The van der Waals surface area contributed by atoms with Crippen LogP contribution >= 0.6 is 47.1 Å². The second-order valence-corrected chi connectivity index (χ2v) is 8.79. The molecule has 23 heavy (non-hydrogen) atoms. The molecule has 0 aliphatic carbocycles. The SMILES string of the molecule is O=C(CN1C(=O)/C(=C\c2cccs2)SC1=S)N[C@@H]1CSC[C@@H]1O. The third-order valence-corrected chi connectivity index (χ3v) is 6.76. The predicted molar refractivity (Wildman–Crippen MR) is 99.5 cm³/mol. The van der Waals surface area contributed by atoms with Gasteiger partial charge in [-0.25, -0.2) is 0 Å². The van der Waals surface area contributed by atoms with E-state index in [0.717, 1.165) is 4.88 Å². The molecule has 2 N–H and O–H groups in total. The Bertz CT molecular complexity index is 659. The summed E-state index contributed by atoms with van der Waals surface area (Å²) in [6, 6.07) is 3.58. The topological polar surface area (TPSA) is 69.6 Å². The molecule has 1 aromatic rings. The van der Waals surface area contributed by atoms with E-state index >= 15 is 0 Å². The van der Waals surface area contributed by atoms with Gasteiger partial charge in [-0.2, -0.15) is 11.8 Å². The van der Waals surface area contributed by atoms with Gasteiger partial charge in [0.25, 0.3) is 5.91 Å². The maximum atomic E-state index is 12.4. The van der Waals surface area contributed by atoms with Crippen molar-refractivity contribution in [2.45, 2.75) is 12.1 Å². The summed E-state index contributed by atoms with van der Waals surface area (Å²) in [6.07, 6.45) is 1.26. The van der Waals surface area contributed by atoms with Gasteiger partial charge in [-0.3, -0.25) is 14.5 Å². The molecule has 0 spiro atoms. The van der Waals surface area contributed by atoms with Crippen molar-refractivity contribution in [1.82, 2.24) is 10.2 Å². The molecule has 3 heterocycles. The minimum Gasteiger partial charge on any atom is -0.390 e. The Morgan fingerprint density at radius 2 is 2.35 bits per heavy atom. The standard InChI is InChI=1S/C14H14N2O3S4/c17-10-7-21-6-9(10)15-12(18)5-16-13(19)11(23-14(16)20)4-8-2-1-3-22-8/h1-4,9-10,17H,5-7H2,(H,15,18)/b11-4+/t9-,10+/m1/s1. The third kappa shape index (κ3) is 3.97. The normalized spacial score (nSPS) is 26.3. The maximum absolute atomic E-state index is 12.4. The second-order valence-electron chi connectivity index (χ2n) is 5.06. The average Bonchev–Trinajstić information content (AvgIpc) is 3.20. The highest BCUT2D eigenvalue weighted by atomic mass is 32.2. The van der Waals surface area contributed by atoms with E-state index in [-0.39, 0.29) is 24.4 Å². The minimum atomic E-state index is -0.533. The summed E-state index contributed by atoms with van der Waals surface area (Å²) in [6.45, 7) is -0.111. The number of aliphatic hydroxyl groups excluding tert-OH is 1. The van der Waals surface area contributed by atoms with Crippen molar-refractivity contribution >= 4 is 69.3 Å². The van der Waals surface area contributed by atoms with Gasteiger partial charge in [0.15, 0.2) is 0 Å². The Morgan fingerprint density at radius 1 is 1.52 bits per heavy atom. The van der Waals surface area contributed by atoms with E-state index in [1.165, 1.54) is 28.0 Å². The summed E-state index contributed by atoms with van der Waals surface area (Å²) in [5.41, 5.74) is 0. The highest BCUT2D eigenvalue weighted by Gasteiger charge is 2.34. The summed E-state index contributed by atoms with van der Waals surface area (Å²) in [7, 11) is 0. The zero-order valence-electron chi connectivity index (χ0n) is 11.9. The van der Waals surface area contributed by atoms with E-state index in [1.807, 2.05) is 17.5 Å². The van der Waals surface area contributed by atoms with Crippen molar-refractivity contribution in [2.24, 2.45) is 0 Å². The summed E-state index contributed by atoms with van der Waals surface area (Å²) in [5, 5.41) is 14.4. The smallest absolute Gasteiger partial charge is 0.266 e. The van der Waals surface area contributed by atoms with Gasteiger partial charge in [-0.05, 0) is 17.5 Å². The van der Waals surface area contributed by atoms with E-state index in [2.05, 4.69) is 5.32 Å². The van der Waals surface area contributed by atoms with Gasteiger partial charge < -0.3 is 10.4 Å². The van der Waals surface area contributed by atoms with E-state index in [4.69, 9.17) is 12.2 Å². The first-order chi connectivity index (χ1) is 11.0. The fourth-order valence-electron chi connectivity index (χ4n) is 2.22. The molecule has 9 heteroatoms. The van der Waals surface area contributed by atoms with Crippen LogP contribution in [0.3, 0.4) is 0 Å². The van der Waals surface area contributed by atoms with E-state index < -0.39 is 6.10 Å². The van der Waals surface area contributed by atoms with Crippen LogP contribution in [0.15, 0.2) is 22.4 Å². The van der Waals surface area contributed by atoms with Crippen molar-refractivity contribution in [2.75, 3.05) is 18.1 Å². The number of nitrogens with one attached hydrogen (secondary N) is 1. The molecular weight excluding hydrogens is 372 g/mol. The van der Waals surface area contributed by atoms with Crippen LogP contribution in [0, 0.1) is 0 Å². The first-order valence-electron chi connectivity index (χ1n) is 6.88. The molecule has 2 aliphatic rings. The molecule has 2 fully saturated rings. The van der Waals surface area contributed by atoms with Crippen molar-refractivity contribution in [3.05, 3.63) is 27.3 Å². The highest BCUT2D eigenvalue weighted by molar-refractivity contribution is 8.26. The molecule has 0 radical (unpaired) electrons. The largest absolute Gasteiger partial charge is 0.390 e. The number of amides is 2. The van der Waals surface area contributed by atoms with E-state index in [9.17, 15) is 14.7 Å². The lowest BCUT2D eigenvalue weighted by Crippen LogP contribution is -2.47. The summed E-state index contributed by atoms with van der Waals surface area (Å²) in [5.74, 6) is 0.759. The molecule has 5 nitrogen and oxygen atoms in total. The quantitative estimate of drug-likeness (QED) is 0.604. The molecule has 2 amide bonds. The Morgan fingerprint density at radius 3 is 3.00 bits per heavy atom. The van der Waals surface area contributed by atoms with Crippen LogP contribution in [-0.4, -0.2) is 56.3 Å². The fourth-order valence-corrected chi connectivity index (χ4v) is 5.36. The molecule has 122 valence electrons. The van der Waals surface area contributed by atoms with Crippen LogP contribution in [0.1, 0.15) is 4.88 Å². The first kappa shape index (κ1) is 17.0. The highest BCUT2D eigenvalue weighted by Crippen LogP contribution is 2.33. The monoisotopic (exact) mass is 386 g/mol. The summed E-state index contributed by atoms with van der Waals surface area (Å²) >= 11 is 9.55. The third-order valence-electron chi connectivity index (χ3n) is 3.39. The maximum Gasteiger partial charge on any atom is 0.266 e. The lowest BCUT2D eigenvalue weighted by atomic mass is 10.2. The number of hydrogen-bond acceptors (Lipinski definition) is 7. The zero-order chi connectivity index (χ0) is 16.4. The second kappa shape index (κ2) is 7.35. The van der Waals surface area contributed by atoms with E-state index in [0.29, 0.717) is 20.7 Å². The van der Waals surface area contributed by atoms with Crippen LogP contribution in [0.5, 0.6) is 0 Å². The van der Waals surface area contributed by atoms with E-state index in [1.54, 1.807) is 17.8 Å². The molecule has 2 aliphatic heterocycles. The number of nitrogens with zero attached hydrogens (tertiary/aromatic N) is 1. The molecule has 1 aromatic heterocycles. The zero-order valence-corrected chi connectivity index (χ0v) is 15.2. The van der Waals surface area contributed by atoms with Crippen LogP contribution in [0.4, 0.5) is 0 Å². The Hall–Kier alpha value is -0.870. The lowest BCUT2D eigenvalue weighted by molar-refractivity contribution is -0.129. The first-order valence-corrected chi connectivity index (χ1v) is 10.1. The Kier molecular flexibility index (Phi) is 5.42. The molecule has 3 rings (SSSR count). The summed E-state index contributed by atoms with van der Waals surface area (Å²) in [4.78, 5) is 27.3. The van der Waals surface area contributed by atoms with Crippen LogP contribution in [0.2, 0.25) is 0 Å². The number of aliphatic hydroxyl groups is 1. The number of rotatable bonds is 4. The predicted octanol–water partition coefficient (Wildman–Crippen LogP) is 1.54. The van der Waals surface area contributed by atoms with Crippen LogP contribution in [-0.2, 0) is 9.59 Å². The van der Waals surface area contributed by atoms with Crippen molar-refractivity contribution in [1.29, 1.82) is 0 Å². The molecule has 0 aromatic carbocycles. The number of thiocarbonyl (C=S) groups is 1. The number of thioether (sulfide) groups is 2.